The summed E-state index contributed by atoms with van der Waals surface area (Å²) in [5, 5.41) is 5.29. The van der Waals surface area contributed by atoms with Gasteiger partial charge in [0, 0.05) is 18.2 Å². The lowest BCUT2D eigenvalue weighted by Gasteiger charge is -2.10. The molecule has 0 aromatic carbocycles. The number of carbonyl (C=O) groups excluding carboxylic acids is 2. The molecule has 0 bridgehead atoms. The van der Waals surface area contributed by atoms with Crippen molar-refractivity contribution >= 4 is 42.3 Å². The average molecular weight is 335 g/mol. The quantitative estimate of drug-likeness (QED) is 0.768. The second kappa shape index (κ2) is 9.55. The Balaban J connectivity index is 0.00000200. The first-order valence-electron chi connectivity index (χ1n) is 6.38. The molecule has 0 saturated heterocycles. The van der Waals surface area contributed by atoms with E-state index < -0.39 is 0 Å². The van der Waals surface area contributed by atoms with Crippen LogP contribution in [0.1, 0.15) is 19.3 Å². The highest BCUT2D eigenvalue weighted by Gasteiger charge is 2.27. The second-order valence-corrected chi connectivity index (χ2v) is 4.78. The van der Waals surface area contributed by atoms with Crippen molar-refractivity contribution in [2.45, 2.75) is 25.3 Å². The summed E-state index contributed by atoms with van der Waals surface area (Å²) in [5.74, 6) is -0.404. The number of amides is 2. The van der Waals surface area contributed by atoms with E-state index in [1.165, 1.54) is 0 Å². The maximum Gasteiger partial charge on any atom is 0.243 e. The Morgan fingerprint density at radius 1 is 1.33 bits per heavy atom. The molecule has 21 heavy (non-hydrogen) atoms. The molecule has 8 heteroatoms. The van der Waals surface area contributed by atoms with Crippen molar-refractivity contribution in [3.63, 3.8) is 0 Å². The van der Waals surface area contributed by atoms with Gasteiger partial charge in [-0.05, 0) is 31.4 Å². The number of pyridine rings is 1. The summed E-state index contributed by atoms with van der Waals surface area (Å²) in [6.45, 7) is -0.0283. The van der Waals surface area contributed by atoms with Gasteiger partial charge in [-0.2, -0.15) is 0 Å². The zero-order valence-electron chi connectivity index (χ0n) is 11.5. The zero-order chi connectivity index (χ0) is 13.7. The van der Waals surface area contributed by atoms with Crippen LogP contribution in [0, 0.1) is 5.92 Å². The highest BCUT2D eigenvalue weighted by Crippen LogP contribution is 2.23. The minimum atomic E-state index is -0.261. The van der Waals surface area contributed by atoms with Gasteiger partial charge in [-0.15, -0.1) is 24.8 Å². The van der Waals surface area contributed by atoms with Gasteiger partial charge in [0.2, 0.25) is 11.8 Å². The third-order valence-corrected chi connectivity index (χ3v) is 3.21. The van der Waals surface area contributed by atoms with Crippen molar-refractivity contribution in [2.75, 3.05) is 11.9 Å². The van der Waals surface area contributed by atoms with Crippen molar-refractivity contribution in [2.24, 2.45) is 11.7 Å². The molecule has 1 aromatic heterocycles. The molecular weight excluding hydrogens is 315 g/mol. The molecule has 1 aliphatic carbocycles. The molecule has 1 fully saturated rings. The Morgan fingerprint density at radius 2 is 2.10 bits per heavy atom. The Kier molecular flexibility index (Phi) is 8.92. The van der Waals surface area contributed by atoms with E-state index in [4.69, 9.17) is 5.73 Å². The maximum absolute atomic E-state index is 11.8. The fraction of sp³-hybridized carbons (Fsp3) is 0.462. The van der Waals surface area contributed by atoms with Gasteiger partial charge in [0.25, 0.3) is 0 Å². The molecule has 0 spiro atoms. The monoisotopic (exact) mass is 334 g/mol. The lowest BCUT2D eigenvalue weighted by molar-refractivity contribution is -0.127. The molecule has 1 saturated carbocycles. The van der Waals surface area contributed by atoms with E-state index in [9.17, 15) is 9.59 Å². The van der Waals surface area contributed by atoms with E-state index in [1.54, 1.807) is 24.5 Å². The average Bonchev–Trinajstić information content (AvgIpc) is 2.84. The molecule has 2 rings (SSSR count). The molecule has 2 unspecified atom stereocenters. The Labute approximate surface area is 136 Å². The van der Waals surface area contributed by atoms with Crippen molar-refractivity contribution in [1.82, 2.24) is 10.3 Å². The van der Waals surface area contributed by atoms with Crippen LogP contribution >= 0.6 is 24.8 Å². The number of anilines is 1. The number of hydrogen-bond acceptors (Lipinski definition) is 4. The van der Waals surface area contributed by atoms with Crippen LogP contribution in [0.2, 0.25) is 0 Å². The molecule has 0 aliphatic heterocycles. The Morgan fingerprint density at radius 3 is 2.67 bits per heavy atom. The molecule has 4 N–H and O–H groups in total. The highest BCUT2D eigenvalue weighted by atomic mass is 35.5. The van der Waals surface area contributed by atoms with Gasteiger partial charge < -0.3 is 16.4 Å². The van der Waals surface area contributed by atoms with E-state index in [0.29, 0.717) is 12.1 Å². The molecule has 2 atom stereocenters. The minimum absolute atomic E-state index is 0. The van der Waals surface area contributed by atoms with Gasteiger partial charge in [-0.1, -0.05) is 0 Å². The number of hydrogen-bond donors (Lipinski definition) is 3. The number of nitrogens with zero attached hydrogens (tertiary/aromatic N) is 1. The summed E-state index contributed by atoms with van der Waals surface area (Å²) in [4.78, 5) is 27.3. The topological polar surface area (TPSA) is 97.1 Å². The maximum atomic E-state index is 11.8. The van der Waals surface area contributed by atoms with E-state index >= 15 is 0 Å². The van der Waals surface area contributed by atoms with Gasteiger partial charge in [0.05, 0.1) is 18.4 Å². The van der Waals surface area contributed by atoms with E-state index in [0.717, 1.165) is 12.8 Å². The predicted octanol–water partition coefficient (Wildman–Crippen LogP) is 1.11. The van der Waals surface area contributed by atoms with E-state index in [1.807, 2.05) is 0 Å². The molecule has 1 heterocycles. The Bertz CT molecular complexity index is 459. The number of halogens is 2. The lowest BCUT2D eigenvalue weighted by atomic mass is 10.1. The van der Waals surface area contributed by atoms with Crippen molar-refractivity contribution in [3.8, 4) is 0 Å². The van der Waals surface area contributed by atoms with Crippen LogP contribution in [0.15, 0.2) is 24.5 Å². The first-order chi connectivity index (χ1) is 9.15. The third-order valence-electron chi connectivity index (χ3n) is 3.21. The summed E-state index contributed by atoms with van der Waals surface area (Å²) in [5.41, 5.74) is 6.37. The third kappa shape index (κ3) is 6.29. The van der Waals surface area contributed by atoms with Crippen LogP contribution in [0.4, 0.5) is 5.69 Å². The molecule has 0 radical (unpaired) electrons. The fourth-order valence-electron chi connectivity index (χ4n) is 2.21. The van der Waals surface area contributed by atoms with Crippen LogP contribution in [0.3, 0.4) is 0 Å². The standard InChI is InChI=1S/C13H18N4O2.2ClH/c14-10-4-3-9(6-10)13(19)16-8-12(18)17-11-2-1-5-15-7-11;;/h1-2,5,7,9-10H,3-4,6,8,14H2,(H,16,19)(H,17,18);2*1H. The molecule has 6 nitrogen and oxygen atoms in total. The molecular formula is C13H20Cl2N4O2. The summed E-state index contributed by atoms with van der Waals surface area (Å²) in [6.07, 6.45) is 5.56. The molecule has 1 aromatic rings. The van der Waals surface area contributed by atoms with Crippen LogP contribution in [-0.4, -0.2) is 29.4 Å². The van der Waals surface area contributed by atoms with Crippen molar-refractivity contribution in [1.29, 1.82) is 0 Å². The van der Waals surface area contributed by atoms with Crippen LogP contribution in [-0.2, 0) is 9.59 Å². The SMILES string of the molecule is Cl.Cl.NC1CCC(C(=O)NCC(=O)Nc2cccnc2)C1. The predicted molar refractivity (Wildman–Crippen MR) is 85.7 cm³/mol. The molecule has 118 valence electrons. The number of aromatic nitrogens is 1. The summed E-state index contributed by atoms with van der Waals surface area (Å²) >= 11 is 0. The normalized spacial score (nSPS) is 19.9. The minimum Gasteiger partial charge on any atom is -0.347 e. The van der Waals surface area contributed by atoms with Gasteiger partial charge in [-0.3, -0.25) is 14.6 Å². The van der Waals surface area contributed by atoms with Crippen molar-refractivity contribution < 1.29 is 9.59 Å². The number of carbonyl (C=O) groups is 2. The summed E-state index contributed by atoms with van der Waals surface area (Å²) in [7, 11) is 0. The van der Waals surface area contributed by atoms with Crippen LogP contribution < -0.4 is 16.4 Å². The molecule has 1 aliphatic rings. The van der Waals surface area contributed by atoms with Crippen LogP contribution in [0.5, 0.6) is 0 Å². The largest absolute Gasteiger partial charge is 0.347 e. The van der Waals surface area contributed by atoms with Gasteiger partial charge in [0.15, 0.2) is 0 Å². The molecule has 2 amide bonds. The summed E-state index contributed by atoms with van der Waals surface area (Å²) < 4.78 is 0. The summed E-state index contributed by atoms with van der Waals surface area (Å²) in [6, 6.07) is 3.58. The van der Waals surface area contributed by atoms with Gasteiger partial charge >= 0.3 is 0 Å². The Hall–Kier alpha value is -1.37. The van der Waals surface area contributed by atoms with Gasteiger partial charge in [-0.25, -0.2) is 0 Å². The number of nitrogens with one attached hydrogen (secondary N) is 2. The fourth-order valence-corrected chi connectivity index (χ4v) is 2.21. The zero-order valence-corrected chi connectivity index (χ0v) is 13.1. The highest BCUT2D eigenvalue weighted by molar-refractivity contribution is 5.94. The number of nitrogens with two attached hydrogens (primary N) is 1. The first-order valence-corrected chi connectivity index (χ1v) is 6.38. The lowest BCUT2D eigenvalue weighted by Crippen LogP contribution is -2.36. The first kappa shape index (κ1) is 19.6. The number of rotatable bonds is 4. The second-order valence-electron chi connectivity index (χ2n) is 4.78. The smallest absolute Gasteiger partial charge is 0.243 e. The van der Waals surface area contributed by atoms with E-state index in [-0.39, 0.29) is 55.1 Å². The van der Waals surface area contributed by atoms with E-state index in [2.05, 4.69) is 15.6 Å². The van der Waals surface area contributed by atoms with Crippen LogP contribution in [0.25, 0.3) is 0 Å². The van der Waals surface area contributed by atoms with Crippen molar-refractivity contribution in [3.05, 3.63) is 24.5 Å². The van der Waals surface area contributed by atoms with Gasteiger partial charge in [0.1, 0.15) is 0 Å².